The summed E-state index contributed by atoms with van der Waals surface area (Å²) in [6.45, 7) is 4.31. The van der Waals surface area contributed by atoms with E-state index in [4.69, 9.17) is 0 Å². The van der Waals surface area contributed by atoms with E-state index in [1.165, 1.54) is 0 Å². The van der Waals surface area contributed by atoms with E-state index in [0.717, 1.165) is 5.75 Å². The fourth-order valence-electron chi connectivity index (χ4n) is 1.62. The highest BCUT2D eigenvalue weighted by atomic mass is 32.2. The quantitative estimate of drug-likeness (QED) is 0.706. The summed E-state index contributed by atoms with van der Waals surface area (Å²) < 4.78 is 0. The average Bonchev–Trinajstić information content (AvgIpc) is 2.26. The van der Waals surface area contributed by atoms with E-state index >= 15 is 0 Å². The van der Waals surface area contributed by atoms with Crippen LogP contribution in [0.5, 0.6) is 0 Å². The Morgan fingerprint density at radius 1 is 1.13 bits per heavy atom. The number of hydrogen-bond donors (Lipinski definition) is 0. The molecule has 2 amide bonds. The summed E-state index contributed by atoms with van der Waals surface area (Å²) in [7, 11) is 0. The van der Waals surface area contributed by atoms with Gasteiger partial charge in [-0.15, -0.1) is 0 Å². The minimum atomic E-state index is 0.103. The molecule has 1 aliphatic heterocycles. The van der Waals surface area contributed by atoms with Gasteiger partial charge in [0.25, 0.3) is 0 Å². The molecule has 1 saturated heterocycles. The molecule has 1 aliphatic rings. The van der Waals surface area contributed by atoms with Crippen molar-refractivity contribution in [3.63, 3.8) is 0 Å². The van der Waals surface area contributed by atoms with Gasteiger partial charge in [-0.1, -0.05) is 0 Å². The Morgan fingerprint density at radius 2 is 1.67 bits per heavy atom. The van der Waals surface area contributed by atoms with Crippen LogP contribution in [0.3, 0.4) is 0 Å². The van der Waals surface area contributed by atoms with Crippen LogP contribution in [0.25, 0.3) is 0 Å². The number of thioether (sulfide) groups is 1. The number of hydrogen-bond acceptors (Lipinski definition) is 3. The molecule has 0 spiro atoms. The van der Waals surface area contributed by atoms with Crippen LogP contribution >= 0.6 is 11.8 Å². The normalized spacial score (nSPS) is 16.7. The molecule has 0 radical (unpaired) electrons. The maximum atomic E-state index is 11.6. The van der Waals surface area contributed by atoms with Gasteiger partial charge < -0.3 is 9.80 Å². The largest absolute Gasteiger partial charge is 0.339 e. The number of rotatable bonds is 3. The minimum Gasteiger partial charge on any atom is -0.339 e. The SMILES string of the molecule is CSCCC(=O)N1CCN(C(C)=O)CC1. The van der Waals surface area contributed by atoms with Crippen LogP contribution in [0.2, 0.25) is 0 Å². The lowest BCUT2D eigenvalue weighted by Gasteiger charge is -2.34. The number of carbonyl (C=O) groups is 2. The van der Waals surface area contributed by atoms with Crippen molar-refractivity contribution in [2.45, 2.75) is 13.3 Å². The number of carbonyl (C=O) groups excluding carboxylic acids is 2. The lowest BCUT2D eigenvalue weighted by atomic mass is 10.3. The van der Waals surface area contributed by atoms with Gasteiger partial charge >= 0.3 is 0 Å². The van der Waals surface area contributed by atoms with Crippen LogP contribution in [0, 0.1) is 0 Å². The Morgan fingerprint density at radius 3 is 2.13 bits per heavy atom. The first kappa shape index (κ1) is 12.4. The van der Waals surface area contributed by atoms with Crippen molar-refractivity contribution in [3.8, 4) is 0 Å². The van der Waals surface area contributed by atoms with Gasteiger partial charge in [-0.2, -0.15) is 11.8 Å². The first-order chi connectivity index (χ1) is 7.15. The molecule has 0 aliphatic carbocycles. The molecule has 0 aromatic rings. The highest BCUT2D eigenvalue weighted by molar-refractivity contribution is 7.98. The maximum absolute atomic E-state index is 11.6. The third-order valence-electron chi connectivity index (χ3n) is 2.60. The van der Waals surface area contributed by atoms with Gasteiger partial charge in [0.2, 0.25) is 11.8 Å². The molecule has 0 saturated carbocycles. The highest BCUT2D eigenvalue weighted by Gasteiger charge is 2.21. The predicted molar refractivity (Wildman–Crippen MR) is 61.8 cm³/mol. The van der Waals surface area contributed by atoms with Crippen LogP contribution in [-0.4, -0.2) is 59.8 Å². The second-order valence-corrected chi connectivity index (χ2v) is 4.62. The molecule has 0 bridgehead atoms. The standard InChI is InChI=1S/C10H18N2O2S/c1-9(13)11-4-6-12(7-5-11)10(14)3-8-15-2/h3-8H2,1-2H3. The molecule has 0 aromatic carbocycles. The van der Waals surface area contributed by atoms with Crippen molar-refractivity contribution in [2.24, 2.45) is 0 Å². The van der Waals surface area contributed by atoms with Crippen molar-refractivity contribution < 1.29 is 9.59 Å². The van der Waals surface area contributed by atoms with Crippen LogP contribution in [-0.2, 0) is 9.59 Å². The summed E-state index contributed by atoms with van der Waals surface area (Å²) in [5.41, 5.74) is 0. The predicted octanol–water partition coefficient (Wildman–Crippen LogP) is 0.430. The molecule has 1 fully saturated rings. The monoisotopic (exact) mass is 230 g/mol. The summed E-state index contributed by atoms with van der Waals surface area (Å²) >= 11 is 1.69. The summed E-state index contributed by atoms with van der Waals surface area (Å²) in [6.07, 6.45) is 2.61. The minimum absolute atomic E-state index is 0.103. The van der Waals surface area contributed by atoms with Gasteiger partial charge in [0.15, 0.2) is 0 Å². The molecule has 0 atom stereocenters. The van der Waals surface area contributed by atoms with E-state index in [2.05, 4.69) is 0 Å². The molecule has 0 aromatic heterocycles. The molecular formula is C10H18N2O2S. The fraction of sp³-hybridized carbons (Fsp3) is 0.800. The Labute approximate surface area is 95.0 Å². The topological polar surface area (TPSA) is 40.6 Å². The Bertz CT molecular complexity index is 238. The third-order valence-corrected chi connectivity index (χ3v) is 3.21. The number of piperazine rings is 1. The van der Waals surface area contributed by atoms with Gasteiger partial charge in [0.05, 0.1) is 0 Å². The van der Waals surface area contributed by atoms with E-state index in [-0.39, 0.29) is 11.8 Å². The lowest BCUT2D eigenvalue weighted by molar-refractivity contribution is -0.138. The highest BCUT2D eigenvalue weighted by Crippen LogP contribution is 2.06. The van der Waals surface area contributed by atoms with Crippen LogP contribution in [0.15, 0.2) is 0 Å². The van der Waals surface area contributed by atoms with Gasteiger partial charge in [-0.05, 0) is 6.26 Å². The van der Waals surface area contributed by atoms with Gasteiger partial charge in [-0.25, -0.2) is 0 Å². The van der Waals surface area contributed by atoms with Crippen molar-refractivity contribution in [3.05, 3.63) is 0 Å². The molecule has 0 unspecified atom stereocenters. The smallest absolute Gasteiger partial charge is 0.223 e. The van der Waals surface area contributed by atoms with Gasteiger partial charge in [0, 0.05) is 45.3 Å². The molecule has 86 valence electrons. The van der Waals surface area contributed by atoms with Crippen molar-refractivity contribution >= 4 is 23.6 Å². The number of nitrogens with zero attached hydrogens (tertiary/aromatic N) is 2. The second-order valence-electron chi connectivity index (χ2n) is 3.63. The fourth-order valence-corrected chi connectivity index (χ4v) is 2.00. The van der Waals surface area contributed by atoms with E-state index < -0.39 is 0 Å². The first-order valence-electron chi connectivity index (χ1n) is 5.17. The Kier molecular flexibility index (Phi) is 4.94. The maximum Gasteiger partial charge on any atom is 0.223 e. The zero-order chi connectivity index (χ0) is 11.3. The Balaban J connectivity index is 2.30. The lowest BCUT2D eigenvalue weighted by Crippen LogP contribution is -2.50. The first-order valence-corrected chi connectivity index (χ1v) is 6.56. The summed E-state index contributed by atoms with van der Waals surface area (Å²) in [5, 5.41) is 0. The van der Waals surface area contributed by atoms with Crippen molar-refractivity contribution in [1.82, 2.24) is 9.80 Å². The zero-order valence-electron chi connectivity index (χ0n) is 9.36. The summed E-state index contributed by atoms with van der Waals surface area (Å²) in [5.74, 6) is 1.20. The van der Waals surface area contributed by atoms with Crippen molar-refractivity contribution in [2.75, 3.05) is 38.2 Å². The molecule has 5 heteroatoms. The van der Waals surface area contributed by atoms with E-state index in [0.29, 0.717) is 32.6 Å². The van der Waals surface area contributed by atoms with E-state index in [9.17, 15) is 9.59 Å². The van der Waals surface area contributed by atoms with E-state index in [1.54, 1.807) is 23.6 Å². The molecule has 1 rings (SSSR count). The molecule has 15 heavy (non-hydrogen) atoms. The third kappa shape index (κ3) is 3.74. The zero-order valence-corrected chi connectivity index (χ0v) is 10.2. The molecule has 1 heterocycles. The average molecular weight is 230 g/mol. The summed E-state index contributed by atoms with van der Waals surface area (Å²) in [4.78, 5) is 26.4. The van der Waals surface area contributed by atoms with E-state index in [1.807, 2.05) is 11.2 Å². The Hall–Kier alpha value is -0.710. The van der Waals surface area contributed by atoms with Crippen LogP contribution in [0.4, 0.5) is 0 Å². The molecule has 0 N–H and O–H groups in total. The van der Waals surface area contributed by atoms with Gasteiger partial charge in [-0.3, -0.25) is 9.59 Å². The molecule has 4 nitrogen and oxygen atoms in total. The molecular weight excluding hydrogens is 212 g/mol. The van der Waals surface area contributed by atoms with Crippen molar-refractivity contribution in [1.29, 1.82) is 0 Å². The summed E-state index contributed by atoms with van der Waals surface area (Å²) in [6, 6.07) is 0. The van der Waals surface area contributed by atoms with Crippen LogP contribution in [0.1, 0.15) is 13.3 Å². The second kappa shape index (κ2) is 6.00. The van der Waals surface area contributed by atoms with Crippen LogP contribution < -0.4 is 0 Å². The number of amides is 2. The van der Waals surface area contributed by atoms with Gasteiger partial charge in [0.1, 0.15) is 0 Å².